The molecule has 3 aromatic rings. The molecule has 0 spiro atoms. The Morgan fingerprint density at radius 1 is 1.25 bits per heavy atom. The number of hydrogen-bond donors (Lipinski definition) is 2. The minimum Gasteiger partial charge on any atom is -0.379 e. The van der Waals surface area contributed by atoms with Gasteiger partial charge in [0.1, 0.15) is 16.8 Å². The maximum Gasteiger partial charge on any atom is 0.267 e. The normalized spacial score (nSPS) is 15.0. The van der Waals surface area contributed by atoms with E-state index in [1.54, 1.807) is 16.8 Å². The molecule has 0 radical (unpaired) electrons. The Labute approximate surface area is 186 Å². The lowest BCUT2D eigenvalue weighted by atomic mass is 10.1. The molecule has 1 aliphatic heterocycles. The van der Waals surface area contributed by atoms with Crippen LogP contribution in [-0.2, 0) is 11.3 Å². The molecule has 0 aliphatic carbocycles. The first-order chi connectivity index (χ1) is 15.4. The summed E-state index contributed by atoms with van der Waals surface area (Å²) >= 11 is 0. The van der Waals surface area contributed by atoms with Crippen molar-refractivity contribution in [1.82, 2.24) is 24.2 Å². The van der Waals surface area contributed by atoms with Gasteiger partial charge >= 0.3 is 0 Å². The first-order valence-electron chi connectivity index (χ1n) is 11.0. The summed E-state index contributed by atoms with van der Waals surface area (Å²) in [5.41, 5.74) is 1.87. The van der Waals surface area contributed by atoms with Crippen molar-refractivity contribution in [2.24, 2.45) is 5.92 Å². The average molecular weight is 439 g/mol. The molecule has 0 unspecified atom stereocenters. The van der Waals surface area contributed by atoms with Gasteiger partial charge in [-0.15, -0.1) is 0 Å². The summed E-state index contributed by atoms with van der Waals surface area (Å²) in [6.45, 7) is 10.6. The van der Waals surface area contributed by atoms with Crippen LogP contribution in [0, 0.1) is 18.3 Å². The zero-order valence-corrected chi connectivity index (χ0v) is 18.9. The molecule has 1 fully saturated rings. The molecule has 1 aliphatic rings. The van der Waals surface area contributed by atoms with Crippen LogP contribution >= 0.6 is 0 Å². The molecule has 1 amide bonds. The quantitative estimate of drug-likeness (QED) is 0.562. The van der Waals surface area contributed by atoms with Crippen LogP contribution in [0.15, 0.2) is 29.2 Å². The number of fused-ring (bicyclic) bond motifs is 2. The molecular weight excluding hydrogens is 408 g/mol. The van der Waals surface area contributed by atoms with Gasteiger partial charge in [0, 0.05) is 38.9 Å². The molecule has 0 atom stereocenters. The largest absolute Gasteiger partial charge is 0.379 e. The van der Waals surface area contributed by atoms with Crippen LogP contribution in [0.3, 0.4) is 0 Å². The van der Waals surface area contributed by atoms with E-state index in [9.17, 15) is 9.59 Å². The van der Waals surface area contributed by atoms with Gasteiger partial charge in [0.05, 0.1) is 24.2 Å². The van der Waals surface area contributed by atoms with Gasteiger partial charge in [-0.1, -0.05) is 19.9 Å². The van der Waals surface area contributed by atoms with Crippen molar-refractivity contribution in [1.29, 1.82) is 5.41 Å². The Hall–Kier alpha value is -3.04. The summed E-state index contributed by atoms with van der Waals surface area (Å²) in [5.74, 6) is -0.0688. The van der Waals surface area contributed by atoms with Crippen LogP contribution in [0.5, 0.6) is 0 Å². The molecule has 9 heteroatoms. The molecular formula is C23H30N6O3. The lowest BCUT2D eigenvalue weighted by molar-refractivity contribution is 0.0363. The molecule has 170 valence electrons. The summed E-state index contributed by atoms with van der Waals surface area (Å²) in [5, 5.41) is 12.0. The fraction of sp³-hybridized carbons (Fsp3) is 0.478. The van der Waals surface area contributed by atoms with Gasteiger partial charge in [0.25, 0.3) is 11.5 Å². The number of aromatic nitrogens is 3. The third-order valence-electron chi connectivity index (χ3n) is 5.79. The van der Waals surface area contributed by atoms with Crippen LogP contribution in [-0.4, -0.2) is 64.2 Å². The molecule has 4 rings (SSSR count). The third kappa shape index (κ3) is 4.31. The van der Waals surface area contributed by atoms with Crippen molar-refractivity contribution in [2.75, 3.05) is 39.4 Å². The highest BCUT2D eigenvalue weighted by molar-refractivity contribution is 5.96. The first-order valence-corrected chi connectivity index (χ1v) is 11.0. The van der Waals surface area contributed by atoms with E-state index in [0.29, 0.717) is 49.5 Å². The summed E-state index contributed by atoms with van der Waals surface area (Å²) in [7, 11) is 0. The fourth-order valence-corrected chi connectivity index (χ4v) is 3.95. The number of nitrogens with one attached hydrogen (secondary N) is 2. The predicted octanol–water partition coefficient (Wildman–Crippen LogP) is 1.16. The van der Waals surface area contributed by atoms with E-state index in [4.69, 9.17) is 15.1 Å². The number of ether oxygens (including phenoxy) is 1. The highest BCUT2D eigenvalue weighted by Crippen LogP contribution is 2.13. The van der Waals surface area contributed by atoms with Gasteiger partial charge in [0.2, 0.25) is 0 Å². The summed E-state index contributed by atoms with van der Waals surface area (Å²) in [6.07, 6.45) is 1.68. The van der Waals surface area contributed by atoms with Crippen molar-refractivity contribution in [3.63, 3.8) is 0 Å². The number of aryl methyl sites for hydroxylation is 1. The molecule has 0 saturated carbocycles. The minimum atomic E-state index is -0.348. The Morgan fingerprint density at radius 3 is 2.72 bits per heavy atom. The Kier molecular flexibility index (Phi) is 6.38. The predicted molar refractivity (Wildman–Crippen MR) is 122 cm³/mol. The van der Waals surface area contributed by atoms with E-state index in [1.165, 1.54) is 10.5 Å². The van der Waals surface area contributed by atoms with Gasteiger partial charge in [-0.25, -0.2) is 4.98 Å². The van der Waals surface area contributed by atoms with Gasteiger partial charge in [-0.2, -0.15) is 0 Å². The Balaban J connectivity index is 1.87. The lowest BCUT2D eigenvalue weighted by Crippen LogP contribution is -2.41. The molecule has 0 bridgehead atoms. The number of hydrogen-bond acceptors (Lipinski definition) is 6. The second-order valence-corrected chi connectivity index (χ2v) is 8.66. The standard InChI is InChI=1S/C23H30N6O3/c1-15(2)14-25-22(30)17-13-18-21(26-20-16(3)5-4-6-29(20)23(18)31)28(19(17)24)8-7-27-9-11-32-12-10-27/h4-6,13,15,24H,7-12,14H2,1-3H3,(H,25,30). The van der Waals surface area contributed by atoms with E-state index >= 15 is 0 Å². The van der Waals surface area contributed by atoms with E-state index in [1.807, 2.05) is 26.8 Å². The van der Waals surface area contributed by atoms with Crippen molar-refractivity contribution < 1.29 is 9.53 Å². The Bertz CT molecular complexity index is 1270. The highest BCUT2D eigenvalue weighted by atomic mass is 16.5. The molecule has 2 N–H and O–H groups in total. The van der Waals surface area contributed by atoms with Crippen LogP contribution in [0.2, 0.25) is 0 Å². The summed E-state index contributed by atoms with van der Waals surface area (Å²) in [6, 6.07) is 5.22. The molecule has 32 heavy (non-hydrogen) atoms. The minimum absolute atomic E-state index is 0.0665. The van der Waals surface area contributed by atoms with E-state index in [0.717, 1.165) is 18.7 Å². The fourth-order valence-electron chi connectivity index (χ4n) is 3.95. The zero-order valence-electron chi connectivity index (χ0n) is 18.9. The number of amides is 1. The van der Waals surface area contributed by atoms with Crippen LogP contribution < -0.4 is 16.4 Å². The van der Waals surface area contributed by atoms with E-state index in [-0.39, 0.29) is 28.4 Å². The first kappa shape index (κ1) is 22.2. The molecule has 4 heterocycles. The van der Waals surface area contributed by atoms with E-state index < -0.39 is 0 Å². The molecule has 1 saturated heterocycles. The lowest BCUT2D eigenvalue weighted by Gasteiger charge is -2.27. The van der Waals surface area contributed by atoms with Gasteiger partial charge in [-0.05, 0) is 30.5 Å². The van der Waals surface area contributed by atoms with Gasteiger partial charge in [-0.3, -0.25) is 24.3 Å². The monoisotopic (exact) mass is 438 g/mol. The Morgan fingerprint density at radius 2 is 2.00 bits per heavy atom. The van der Waals surface area contributed by atoms with Crippen LogP contribution in [0.25, 0.3) is 16.7 Å². The van der Waals surface area contributed by atoms with Crippen LogP contribution in [0.4, 0.5) is 0 Å². The zero-order chi connectivity index (χ0) is 22.8. The molecule has 3 aromatic heterocycles. The smallest absolute Gasteiger partial charge is 0.267 e. The number of nitrogens with zero attached hydrogens (tertiary/aromatic N) is 4. The van der Waals surface area contributed by atoms with Crippen molar-refractivity contribution in [3.8, 4) is 0 Å². The van der Waals surface area contributed by atoms with Crippen molar-refractivity contribution in [3.05, 3.63) is 51.4 Å². The van der Waals surface area contributed by atoms with Gasteiger partial charge < -0.3 is 14.6 Å². The second kappa shape index (κ2) is 9.22. The maximum atomic E-state index is 13.3. The number of morpholine rings is 1. The SMILES string of the molecule is Cc1cccn2c(=O)c3cc(C(=O)NCC(C)C)c(=N)n(CCN4CCOCC4)c3nc12. The number of carbonyl (C=O) groups is 1. The van der Waals surface area contributed by atoms with Crippen molar-refractivity contribution >= 4 is 22.6 Å². The maximum absolute atomic E-state index is 13.3. The van der Waals surface area contributed by atoms with Gasteiger partial charge in [0.15, 0.2) is 0 Å². The number of rotatable bonds is 6. The average Bonchev–Trinajstić information content (AvgIpc) is 2.78. The summed E-state index contributed by atoms with van der Waals surface area (Å²) < 4.78 is 8.63. The number of carbonyl (C=O) groups excluding carboxylic acids is 1. The van der Waals surface area contributed by atoms with Crippen LogP contribution in [0.1, 0.15) is 29.8 Å². The molecule has 0 aromatic carbocycles. The second-order valence-electron chi connectivity index (χ2n) is 8.66. The summed E-state index contributed by atoms with van der Waals surface area (Å²) in [4.78, 5) is 33.3. The van der Waals surface area contributed by atoms with Crippen molar-refractivity contribution in [2.45, 2.75) is 27.3 Å². The number of pyridine rings is 2. The van der Waals surface area contributed by atoms with E-state index in [2.05, 4.69) is 10.2 Å². The highest BCUT2D eigenvalue weighted by Gasteiger charge is 2.19. The topological polar surface area (TPSA) is 105 Å². The molecule has 9 nitrogen and oxygen atoms in total. The third-order valence-corrected chi connectivity index (χ3v) is 5.79.